The number of benzene rings is 2. The van der Waals surface area contributed by atoms with Gasteiger partial charge in [0.15, 0.2) is 0 Å². The molecular weight excluding hydrogens is 992 g/mol. The quantitative estimate of drug-likeness (QED) is 0.0502. The van der Waals surface area contributed by atoms with Gasteiger partial charge in [-0.05, 0) is 79.3 Å². The van der Waals surface area contributed by atoms with Crippen molar-refractivity contribution in [1.29, 1.82) is 0 Å². The summed E-state index contributed by atoms with van der Waals surface area (Å²) in [4.78, 5) is 93.4. The highest BCUT2D eigenvalue weighted by atomic mass is 35.5. The SMILES string of the molecule is Cc1ncsc1-c1ccc(CNC(=O)[C@@H]2C[C@@H](O)CN2C(=O)C(NC(=O)CCCCCCC(=O)N2CCN(CCC(NC(=O)C3(N)CCN(c4ncnc5[nH]ccc45)CC3)c3ccc(Cl)cc3)CC2)C(C)(C)C)cc1. The van der Waals surface area contributed by atoms with Gasteiger partial charge in [0.05, 0.1) is 39.2 Å². The Morgan fingerprint density at radius 2 is 1.60 bits per heavy atom. The molecule has 7 N–H and O–H groups in total. The fraction of sp³-hybridized carbons (Fsp3) is 0.527. The number of nitrogens with one attached hydrogen (secondary N) is 4. The minimum absolute atomic E-state index is 0.00529. The van der Waals surface area contributed by atoms with Crippen LogP contribution in [0.1, 0.15) is 108 Å². The molecule has 0 bridgehead atoms. The number of aromatic nitrogens is 4. The summed E-state index contributed by atoms with van der Waals surface area (Å²) in [5.74, 6) is -0.221. The largest absolute Gasteiger partial charge is 0.391 e. The number of unbranched alkanes of at least 4 members (excludes halogenated alkanes) is 3. The number of nitrogens with zero attached hydrogens (tertiary/aromatic N) is 7. The van der Waals surface area contributed by atoms with E-state index < -0.39 is 35.0 Å². The van der Waals surface area contributed by atoms with Crippen LogP contribution < -0.4 is 26.6 Å². The van der Waals surface area contributed by atoms with Gasteiger partial charge in [-0.3, -0.25) is 28.9 Å². The molecule has 0 aliphatic carbocycles. The number of anilines is 1. The van der Waals surface area contributed by atoms with Crippen LogP contribution in [0, 0.1) is 12.3 Å². The van der Waals surface area contributed by atoms with Crippen molar-refractivity contribution in [3.63, 3.8) is 0 Å². The van der Waals surface area contributed by atoms with Crippen LogP contribution in [0.25, 0.3) is 21.5 Å². The van der Waals surface area contributed by atoms with Crippen LogP contribution in [0.5, 0.6) is 0 Å². The van der Waals surface area contributed by atoms with E-state index in [9.17, 15) is 29.1 Å². The monoisotopic (exact) mass is 1060 g/mol. The molecule has 3 aromatic heterocycles. The fourth-order valence-electron chi connectivity index (χ4n) is 10.4. The number of piperidine rings is 1. The number of aliphatic hydroxyl groups excluding tert-OH is 1. The normalized spacial score (nSPS) is 18.9. The molecule has 0 radical (unpaired) electrons. The summed E-state index contributed by atoms with van der Waals surface area (Å²) in [5.41, 5.74) is 11.6. The second-order valence-electron chi connectivity index (χ2n) is 21.5. The first-order chi connectivity index (χ1) is 36.0. The number of hydrogen-bond acceptors (Lipinski definition) is 13. The maximum absolute atomic E-state index is 14.1. The summed E-state index contributed by atoms with van der Waals surface area (Å²) in [6, 6.07) is 15.4. The molecule has 75 heavy (non-hydrogen) atoms. The summed E-state index contributed by atoms with van der Waals surface area (Å²) in [6.07, 6.45) is 7.77. The van der Waals surface area contributed by atoms with E-state index in [0.717, 1.165) is 76.6 Å². The van der Waals surface area contributed by atoms with Gasteiger partial charge in [0.2, 0.25) is 29.5 Å². The Morgan fingerprint density at radius 1 is 0.893 bits per heavy atom. The predicted octanol–water partition coefficient (Wildman–Crippen LogP) is 5.88. The van der Waals surface area contributed by atoms with Gasteiger partial charge in [0.1, 0.15) is 29.9 Å². The van der Waals surface area contributed by atoms with E-state index in [0.29, 0.717) is 69.7 Å². The van der Waals surface area contributed by atoms with Crippen LogP contribution in [-0.4, -0.2) is 145 Å². The molecule has 5 aromatic rings. The zero-order chi connectivity index (χ0) is 53.3. The standard InChI is InChI=1S/C55H73ClN12O6S/c1-36-47(75-35-62-36)39-13-11-37(12-14-39)32-59-51(72)44-31-41(69)33-68(44)52(73)48(54(2,3)4)64-45(70)9-7-5-6-8-10-46(71)66-29-27-65(28-30-66)24-20-43(38-15-17-40(56)18-16-38)63-53(74)55(57)21-25-67(26-22-55)50-42-19-23-58-49(42)60-34-61-50/h11-19,23,34-35,41,43-44,48,69H,5-10,20-22,24-33,57H2,1-4H3,(H,59,72)(H,63,74)(H,64,70)(H,58,60,61)/t41-,43?,44+,48?/m1/s1. The van der Waals surface area contributed by atoms with E-state index in [1.165, 1.54) is 4.90 Å². The van der Waals surface area contributed by atoms with Crippen LogP contribution in [0.3, 0.4) is 0 Å². The third-order valence-electron chi connectivity index (χ3n) is 15.0. The minimum Gasteiger partial charge on any atom is -0.391 e. The van der Waals surface area contributed by atoms with Crippen LogP contribution in [0.15, 0.2) is 72.6 Å². The third kappa shape index (κ3) is 14.1. The highest BCUT2D eigenvalue weighted by molar-refractivity contribution is 7.13. The average molecular weight is 1070 g/mol. The predicted molar refractivity (Wildman–Crippen MR) is 292 cm³/mol. The number of amides is 5. The van der Waals surface area contributed by atoms with E-state index in [1.807, 2.05) is 98.9 Å². The van der Waals surface area contributed by atoms with E-state index in [1.54, 1.807) is 17.7 Å². The average Bonchev–Trinajstić information content (AvgIpc) is 4.17. The molecule has 0 saturated carbocycles. The Labute approximate surface area is 448 Å². The number of likely N-dealkylation sites (tertiary alicyclic amines) is 1. The molecule has 3 aliphatic rings. The smallest absolute Gasteiger partial charge is 0.246 e. The zero-order valence-corrected chi connectivity index (χ0v) is 45.2. The van der Waals surface area contributed by atoms with Crippen molar-refractivity contribution in [2.45, 2.75) is 128 Å². The van der Waals surface area contributed by atoms with Crippen molar-refractivity contribution in [3.05, 3.63) is 94.5 Å². The number of nitrogens with two attached hydrogens (primary N) is 1. The summed E-state index contributed by atoms with van der Waals surface area (Å²) in [5, 5.41) is 21.4. The summed E-state index contributed by atoms with van der Waals surface area (Å²) in [6.45, 7) is 12.5. The Morgan fingerprint density at radius 3 is 2.28 bits per heavy atom. The van der Waals surface area contributed by atoms with Crippen molar-refractivity contribution in [1.82, 2.24) is 50.6 Å². The number of piperazine rings is 1. The van der Waals surface area contributed by atoms with Crippen LogP contribution in [0.4, 0.5) is 5.82 Å². The summed E-state index contributed by atoms with van der Waals surface area (Å²) >= 11 is 7.83. The molecule has 3 fully saturated rings. The first-order valence-corrected chi connectivity index (χ1v) is 27.6. The lowest BCUT2D eigenvalue weighted by atomic mass is 9.85. The Kier molecular flexibility index (Phi) is 18.3. The highest BCUT2D eigenvalue weighted by Gasteiger charge is 2.45. The molecular formula is C55H73ClN12O6S. The lowest BCUT2D eigenvalue weighted by molar-refractivity contribution is -0.144. The second-order valence-corrected chi connectivity index (χ2v) is 22.8. The number of hydrogen-bond donors (Lipinski definition) is 6. The number of β-amino-alcohol motifs (C(OH)–C–C–N with tert-alkyl or cyclic N) is 1. The number of aliphatic hydroxyl groups is 1. The van der Waals surface area contributed by atoms with E-state index in [-0.39, 0.29) is 55.6 Å². The van der Waals surface area contributed by atoms with Crippen LogP contribution in [0.2, 0.25) is 5.02 Å². The van der Waals surface area contributed by atoms with Gasteiger partial charge in [0, 0.05) is 89.4 Å². The molecule has 2 aromatic carbocycles. The fourth-order valence-corrected chi connectivity index (χ4v) is 11.3. The molecule has 0 spiro atoms. The molecule has 20 heteroatoms. The van der Waals surface area contributed by atoms with Crippen molar-refractivity contribution >= 4 is 69.3 Å². The molecule has 6 heterocycles. The first kappa shape index (κ1) is 55.2. The third-order valence-corrected chi connectivity index (χ3v) is 16.3. The number of halogens is 1. The lowest BCUT2D eigenvalue weighted by Gasteiger charge is -2.39. The second kappa shape index (κ2) is 24.8. The molecule has 2 unspecified atom stereocenters. The molecule has 3 saturated heterocycles. The van der Waals surface area contributed by atoms with Gasteiger partial charge in [0.25, 0.3) is 0 Å². The Balaban J connectivity index is 0.728. The number of aromatic amines is 1. The number of rotatable bonds is 20. The maximum Gasteiger partial charge on any atom is 0.246 e. The Bertz CT molecular complexity index is 2750. The maximum atomic E-state index is 14.1. The molecule has 18 nitrogen and oxygen atoms in total. The molecule has 8 rings (SSSR count). The molecule has 5 amide bonds. The van der Waals surface area contributed by atoms with Gasteiger partial charge < -0.3 is 46.5 Å². The van der Waals surface area contributed by atoms with Crippen molar-refractivity contribution in [2.75, 3.05) is 57.3 Å². The molecule has 4 atom stereocenters. The van der Waals surface area contributed by atoms with Gasteiger partial charge in [-0.2, -0.15) is 0 Å². The number of carbonyl (C=O) groups excluding carboxylic acids is 5. The number of thiazole rings is 1. The van der Waals surface area contributed by atoms with Crippen molar-refractivity contribution in [2.24, 2.45) is 11.1 Å². The number of fused-ring (bicyclic) bond motifs is 1. The molecule has 3 aliphatic heterocycles. The van der Waals surface area contributed by atoms with Gasteiger partial charge in [-0.15, -0.1) is 11.3 Å². The first-order valence-electron chi connectivity index (χ1n) is 26.4. The van der Waals surface area contributed by atoms with Crippen LogP contribution in [-0.2, 0) is 30.5 Å². The van der Waals surface area contributed by atoms with Gasteiger partial charge in [-0.25, -0.2) is 15.0 Å². The number of carbonyl (C=O) groups is 5. The van der Waals surface area contributed by atoms with Crippen molar-refractivity contribution in [3.8, 4) is 10.4 Å². The lowest BCUT2D eigenvalue weighted by Crippen LogP contribution is -2.60. The van der Waals surface area contributed by atoms with E-state index in [4.69, 9.17) is 17.3 Å². The van der Waals surface area contributed by atoms with Gasteiger partial charge >= 0.3 is 0 Å². The van der Waals surface area contributed by atoms with Gasteiger partial charge in [-0.1, -0.05) is 81.6 Å². The van der Waals surface area contributed by atoms with E-state index >= 15 is 0 Å². The zero-order valence-electron chi connectivity index (χ0n) is 43.7. The highest BCUT2D eigenvalue weighted by Crippen LogP contribution is 2.31. The minimum atomic E-state index is -1.03. The Hall–Kier alpha value is -5.99. The topological polar surface area (TPSA) is 235 Å². The van der Waals surface area contributed by atoms with E-state index in [2.05, 4.69) is 45.7 Å². The summed E-state index contributed by atoms with van der Waals surface area (Å²) in [7, 11) is 0. The molecule has 402 valence electrons. The van der Waals surface area contributed by atoms with Crippen molar-refractivity contribution < 1.29 is 29.1 Å². The number of aryl methyl sites for hydroxylation is 1. The van der Waals surface area contributed by atoms with Crippen LogP contribution >= 0.6 is 22.9 Å². The summed E-state index contributed by atoms with van der Waals surface area (Å²) < 4.78 is 0. The number of H-pyrrole nitrogens is 1.